The molecule has 2 rings (SSSR count). The maximum atomic E-state index is 12.3. The summed E-state index contributed by atoms with van der Waals surface area (Å²) in [5, 5.41) is 6.44. The van der Waals surface area contributed by atoms with Crippen molar-refractivity contribution in [3.05, 3.63) is 35.9 Å². The van der Waals surface area contributed by atoms with Crippen LogP contribution in [0.5, 0.6) is 0 Å². The molecule has 3 heteroatoms. The number of carbonyl (C=O) groups excluding carboxylic acids is 1. The van der Waals surface area contributed by atoms with Gasteiger partial charge in [0.1, 0.15) is 0 Å². The summed E-state index contributed by atoms with van der Waals surface area (Å²) in [6, 6.07) is 10.1. The predicted molar refractivity (Wildman–Crippen MR) is 77.8 cm³/mol. The number of carbonyl (C=O) groups is 1. The monoisotopic (exact) mass is 260 g/mol. The summed E-state index contributed by atoms with van der Waals surface area (Å²) in [5.41, 5.74) is 1.15. The van der Waals surface area contributed by atoms with Crippen molar-refractivity contribution in [3.8, 4) is 0 Å². The van der Waals surface area contributed by atoms with Crippen molar-refractivity contribution in [1.29, 1.82) is 0 Å². The third kappa shape index (κ3) is 3.80. The molecule has 0 bridgehead atoms. The zero-order valence-corrected chi connectivity index (χ0v) is 11.9. The minimum atomic E-state index is -0.0233. The summed E-state index contributed by atoms with van der Waals surface area (Å²) in [6.45, 7) is 5.20. The smallest absolute Gasteiger partial charge is 0.237 e. The van der Waals surface area contributed by atoms with Crippen LogP contribution >= 0.6 is 0 Å². The maximum absolute atomic E-state index is 12.3. The Labute approximate surface area is 115 Å². The van der Waals surface area contributed by atoms with Gasteiger partial charge in [0.2, 0.25) is 5.91 Å². The highest BCUT2D eigenvalue weighted by atomic mass is 16.2. The van der Waals surface area contributed by atoms with Crippen molar-refractivity contribution in [1.82, 2.24) is 10.6 Å². The molecule has 0 aliphatic carbocycles. The van der Waals surface area contributed by atoms with E-state index >= 15 is 0 Å². The summed E-state index contributed by atoms with van der Waals surface area (Å²) in [7, 11) is 0. The molecule has 2 unspecified atom stereocenters. The lowest BCUT2D eigenvalue weighted by Crippen LogP contribution is -2.49. The first-order valence-electron chi connectivity index (χ1n) is 7.29. The molecule has 1 aliphatic heterocycles. The Bertz CT molecular complexity index is 404. The molecule has 3 nitrogen and oxygen atoms in total. The van der Waals surface area contributed by atoms with E-state index in [2.05, 4.69) is 17.6 Å². The fourth-order valence-corrected chi connectivity index (χ4v) is 2.71. The summed E-state index contributed by atoms with van der Waals surface area (Å²) < 4.78 is 0. The Morgan fingerprint density at radius 1 is 1.42 bits per heavy atom. The Morgan fingerprint density at radius 3 is 2.84 bits per heavy atom. The molecular weight excluding hydrogens is 236 g/mol. The van der Waals surface area contributed by atoms with E-state index in [1.807, 2.05) is 37.3 Å². The number of amides is 1. The van der Waals surface area contributed by atoms with Crippen LogP contribution in [0, 0.1) is 5.92 Å². The van der Waals surface area contributed by atoms with Gasteiger partial charge in [0.15, 0.2) is 0 Å². The SMILES string of the molecule is CCC1CCNC(C(=O)N[C@H](C)c2ccccc2)C1. The van der Waals surface area contributed by atoms with Crippen LogP contribution in [-0.4, -0.2) is 18.5 Å². The minimum absolute atomic E-state index is 0.0233. The van der Waals surface area contributed by atoms with Gasteiger partial charge in [0.25, 0.3) is 0 Å². The van der Waals surface area contributed by atoms with Crippen LogP contribution in [0.4, 0.5) is 0 Å². The van der Waals surface area contributed by atoms with Gasteiger partial charge >= 0.3 is 0 Å². The molecule has 0 radical (unpaired) electrons. The van der Waals surface area contributed by atoms with Crippen LogP contribution in [0.25, 0.3) is 0 Å². The first kappa shape index (κ1) is 14.1. The van der Waals surface area contributed by atoms with Gasteiger partial charge in [-0.3, -0.25) is 4.79 Å². The van der Waals surface area contributed by atoms with Crippen molar-refractivity contribution in [2.24, 2.45) is 5.92 Å². The quantitative estimate of drug-likeness (QED) is 0.874. The van der Waals surface area contributed by atoms with E-state index in [1.165, 1.54) is 12.8 Å². The van der Waals surface area contributed by atoms with E-state index in [-0.39, 0.29) is 18.0 Å². The molecule has 1 aromatic carbocycles. The van der Waals surface area contributed by atoms with E-state index in [0.717, 1.165) is 18.5 Å². The van der Waals surface area contributed by atoms with Gasteiger partial charge in [0.05, 0.1) is 12.1 Å². The van der Waals surface area contributed by atoms with Crippen molar-refractivity contribution in [2.45, 2.75) is 45.2 Å². The van der Waals surface area contributed by atoms with Crippen LogP contribution in [0.15, 0.2) is 30.3 Å². The summed E-state index contributed by atoms with van der Waals surface area (Å²) in [4.78, 5) is 12.3. The van der Waals surface area contributed by atoms with Gasteiger partial charge in [-0.15, -0.1) is 0 Å². The van der Waals surface area contributed by atoms with Gasteiger partial charge in [-0.1, -0.05) is 43.7 Å². The van der Waals surface area contributed by atoms with Crippen LogP contribution in [-0.2, 0) is 4.79 Å². The molecule has 0 spiro atoms. The van der Waals surface area contributed by atoms with Crippen LogP contribution in [0.2, 0.25) is 0 Å². The molecule has 0 aromatic heterocycles. The minimum Gasteiger partial charge on any atom is -0.348 e. The van der Waals surface area contributed by atoms with Crippen LogP contribution in [0.1, 0.15) is 44.7 Å². The molecule has 0 saturated carbocycles. The summed E-state index contributed by atoms with van der Waals surface area (Å²) >= 11 is 0. The van der Waals surface area contributed by atoms with E-state index in [4.69, 9.17) is 0 Å². The van der Waals surface area contributed by atoms with E-state index in [1.54, 1.807) is 0 Å². The number of hydrogen-bond acceptors (Lipinski definition) is 2. The van der Waals surface area contributed by atoms with E-state index in [9.17, 15) is 4.79 Å². The molecule has 1 saturated heterocycles. The molecule has 1 amide bonds. The maximum Gasteiger partial charge on any atom is 0.237 e. The summed E-state index contributed by atoms with van der Waals surface area (Å²) in [6.07, 6.45) is 3.32. The Balaban J connectivity index is 1.90. The highest BCUT2D eigenvalue weighted by Crippen LogP contribution is 2.20. The fourth-order valence-electron chi connectivity index (χ4n) is 2.71. The third-order valence-electron chi connectivity index (χ3n) is 4.06. The molecule has 1 fully saturated rings. The molecule has 1 aliphatic rings. The average molecular weight is 260 g/mol. The van der Waals surface area contributed by atoms with Crippen molar-refractivity contribution >= 4 is 5.91 Å². The lowest BCUT2D eigenvalue weighted by Gasteiger charge is -2.29. The normalized spacial score (nSPS) is 24.7. The number of nitrogens with one attached hydrogen (secondary N) is 2. The first-order valence-corrected chi connectivity index (χ1v) is 7.29. The Kier molecular flexibility index (Phi) is 4.97. The van der Waals surface area contributed by atoms with Crippen molar-refractivity contribution in [3.63, 3.8) is 0 Å². The second-order valence-corrected chi connectivity index (χ2v) is 5.45. The van der Waals surface area contributed by atoms with E-state index < -0.39 is 0 Å². The fraction of sp³-hybridized carbons (Fsp3) is 0.562. The van der Waals surface area contributed by atoms with Crippen molar-refractivity contribution in [2.75, 3.05) is 6.54 Å². The molecule has 2 N–H and O–H groups in total. The number of rotatable bonds is 4. The zero-order valence-electron chi connectivity index (χ0n) is 11.9. The van der Waals surface area contributed by atoms with Gasteiger partial charge < -0.3 is 10.6 Å². The molecule has 104 valence electrons. The number of piperidine rings is 1. The van der Waals surface area contributed by atoms with Gasteiger partial charge in [-0.05, 0) is 37.8 Å². The second kappa shape index (κ2) is 6.71. The van der Waals surface area contributed by atoms with Crippen LogP contribution < -0.4 is 10.6 Å². The lowest BCUT2D eigenvalue weighted by atomic mass is 9.90. The lowest BCUT2D eigenvalue weighted by molar-refractivity contribution is -0.124. The average Bonchev–Trinajstić information content (AvgIpc) is 2.48. The standard InChI is InChI=1S/C16H24N2O/c1-3-13-9-10-17-15(11-13)16(19)18-12(2)14-7-5-4-6-8-14/h4-8,12-13,15,17H,3,9-11H2,1-2H3,(H,18,19)/t12-,13?,15?/m1/s1. The molecule has 1 heterocycles. The largest absolute Gasteiger partial charge is 0.348 e. The molecule has 19 heavy (non-hydrogen) atoms. The Hall–Kier alpha value is -1.35. The number of benzene rings is 1. The predicted octanol–water partition coefficient (Wildman–Crippen LogP) is 2.64. The second-order valence-electron chi connectivity index (χ2n) is 5.45. The van der Waals surface area contributed by atoms with Gasteiger partial charge in [0, 0.05) is 0 Å². The highest BCUT2D eigenvalue weighted by Gasteiger charge is 2.26. The Morgan fingerprint density at radius 2 is 2.16 bits per heavy atom. The van der Waals surface area contributed by atoms with E-state index in [0.29, 0.717) is 5.92 Å². The third-order valence-corrected chi connectivity index (χ3v) is 4.06. The molecule has 1 aromatic rings. The zero-order chi connectivity index (χ0) is 13.7. The number of hydrogen-bond donors (Lipinski definition) is 2. The first-order chi connectivity index (χ1) is 9.20. The summed E-state index contributed by atoms with van der Waals surface area (Å²) in [5.74, 6) is 0.818. The van der Waals surface area contributed by atoms with Gasteiger partial charge in [-0.2, -0.15) is 0 Å². The van der Waals surface area contributed by atoms with Crippen LogP contribution in [0.3, 0.4) is 0 Å². The highest BCUT2D eigenvalue weighted by molar-refractivity contribution is 5.82. The molecular formula is C16H24N2O. The molecule has 3 atom stereocenters. The van der Waals surface area contributed by atoms with Crippen molar-refractivity contribution < 1.29 is 4.79 Å². The topological polar surface area (TPSA) is 41.1 Å². The van der Waals surface area contributed by atoms with Gasteiger partial charge in [-0.25, -0.2) is 0 Å².